The largest absolute Gasteiger partial charge is 0.398 e. The number of anilines is 1. The Hall–Kier alpha value is -0.530. The van der Waals surface area contributed by atoms with Crippen LogP contribution in [0.25, 0.3) is 0 Å². The number of halogens is 2. The number of nitrogen functional groups attached to an aromatic ring is 1. The van der Waals surface area contributed by atoms with Crippen molar-refractivity contribution in [1.82, 2.24) is 4.72 Å². The second-order valence-electron chi connectivity index (χ2n) is 5.26. The molecule has 1 aromatic carbocycles. The Balaban J connectivity index is 2.30. The van der Waals surface area contributed by atoms with Crippen LogP contribution in [0, 0.1) is 5.92 Å². The highest BCUT2D eigenvalue weighted by Crippen LogP contribution is 2.32. The van der Waals surface area contributed by atoms with Gasteiger partial charge in [-0.3, -0.25) is 0 Å². The first-order valence-electron chi connectivity index (χ1n) is 6.73. The fraction of sp³-hybridized carbons (Fsp3) is 0.538. The Morgan fingerprint density at radius 2 is 1.95 bits per heavy atom. The van der Waals surface area contributed by atoms with Crippen LogP contribution in [0.4, 0.5) is 5.69 Å². The molecular weight excluding hydrogens is 335 g/mol. The van der Waals surface area contributed by atoms with Gasteiger partial charge in [-0.1, -0.05) is 36.0 Å². The van der Waals surface area contributed by atoms with Crippen molar-refractivity contribution in [3.05, 3.63) is 22.2 Å². The van der Waals surface area contributed by atoms with Gasteiger partial charge in [-0.2, -0.15) is 0 Å². The summed E-state index contributed by atoms with van der Waals surface area (Å²) in [6.07, 6.45) is 3.41. The van der Waals surface area contributed by atoms with Crippen molar-refractivity contribution in [2.75, 3.05) is 12.3 Å². The lowest BCUT2D eigenvalue weighted by Crippen LogP contribution is -2.43. The van der Waals surface area contributed by atoms with Gasteiger partial charge in [0.1, 0.15) is 4.90 Å². The first-order chi connectivity index (χ1) is 9.85. The predicted octanol–water partition coefficient (Wildman–Crippen LogP) is 2.41. The van der Waals surface area contributed by atoms with Gasteiger partial charge in [0.2, 0.25) is 10.0 Å². The second-order valence-corrected chi connectivity index (χ2v) is 7.76. The van der Waals surface area contributed by atoms with E-state index in [0.717, 1.165) is 19.3 Å². The minimum atomic E-state index is -3.86. The van der Waals surface area contributed by atoms with E-state index in [0.29, 0.717) is 6.42 Å². The molecule has 5 nitrogen and oxygen atoms in total. The summed E-state index contributed by atoms with van der Waals surface area (Å²) in [5, 5.41) is 9.64. The third-order valence-corrected chi connectivity index (χ3v) is 5.99. The third-order valence-electron chi connectivity index (χ3n) is 3.76. The molecule has 0 aliphatic heterocycles. The number of rotatable bonds is 4. The summed E-state index contributed by atoms with van der Waals surface area (Å²) in [4.78, 5) is -0.157. The lowest BCUT2D eigenvalue weighted by atomic mass is 9.86. The van der Waals surface area contributed by atoms with E-state index < -0.39 is 10.0 Å². The Kier molecular flexibility index (Phi) is 5.38. The van der Waals surface area contributed by atoms with Gasteiger partial charge < -0.3 is 10.8 Å². The van der Waals surface area contributed by atoms with Crippen molar-refractivity contribution in [3.8, 4) is 0 Å². The minimum absolute atomic E-state index is 0.0103. The molecule has 2 rings (SSSR count). The van der Waals surface area contributed by atoms with Crippen molar-refractivity contribution in [2.24, 2.45) is 5.92 Å². The highest BCUT2D eigenvalue weighted by Gasteiger charge is 2.31. The van der Waals surface area contributed by atoms with Crippen molar-refractivity contribution >= 4 is 38.9 Å². The molecule has 1 aliphatic rings. The predicted molar refractivity (Wildman–Crippen MR) is 84.0 cm³/mol. The van der Waals surface area contributed by atoms with Crippen LogP contribution in [0.15, 0.2) is 17.0 Å². The topological polar surface area (TPSA) is 92.4 Å². The molecule has 0 heterocycles. The van der Waals surface area contributed by atoms with E-state index in [9.17, 15) is 13.5 Å². The fourth-order valence-electron chi connectivity index (χ4n) is 2.70. The zero-order valence-corrected chi connectivity index (χ0v) is 13.7. The van der Waals surface area contributed by atoms with E-state index >= 15 is 0 Å². The van der Waals surface area contributed by atoms with E-state index in [1.807, 2.05) is 0 Å². The number of nitrogens with two attached hydrogens (primary N) is 1. The molecule has 1 aromatic rings. The summed E-state index contributed by atoms with van der Waals surface area (Å²) >= 11 is 11.8. The molecule has 1 saturated carbocycles. The second kappa shape index (κ2) is 6.71. The summed E-state index contributed by atoms with van der Waals surface area (Å²) in [5.74, 6) is -0.0826. The monoisotopic (exact) mass is 352 g/mol. The minimum Gasteiger partial charge on any atom is -0.398 e. The summed E-state index contributed by atoms with van der Waals surface area (Å²) in [6.45, 7) is -0.0446. The number of nitrogens with one attached hydrogen (secondary N) is 1. The molecule has 8 heteroatoms. The summed E-state index contributed by atoms with van der Waals surface area (Å²) in [7, 11) is -3.86. The summed E-state index contributed by atoms with van der Waals surface area (Å²) in [5.41, 5.74) is 5.75. The fourth-order valence-corrected chi connectivity index (χ4v) is 5.03. The van der Waals surface area contributed by atoms with Gasteiger partial charge in [-0.25, -0.2) is 13.1 Å². The van der Waals surface area contributed by atoms with Crippen LogP contribution in [-0.2, 0) is 10.0 Å². The Morgan fingerprint density at radius 1 is 1.29 bits per heavy atom. The van der Waals surface area contributed by atoms with Crippen molar-refractivity contribution < 1.29 is 13.5 Å². The standard InChI is InChI=1S/C13H18Cl2N2O3S/c14-9-5-10(15)13(11(16)6-9)21(19,20)17-12-4-2-1-3-8(12)7-18/h5-6,8,12,17-18H,1-4,7,16H2. The molecule has 0 saturated heterocycles. The zero-order chi connectivity index (χ0) is 15.6. The average molecular weight is 353 g/mol. The first kappa shape index (κ1) is 16.8. The van der Waals surface area contributed by atoms with Crippen LogP contribution in [0.1, 0.15) is 25.7 Å². The van der Waals surface area contributed by atoms with E-state index in [-0.39, 0.29) is 39.2 Å². The molecular formula is C13H18Cl2N2O3S. The Bertz CT molecular complexity index is 599. The van der Waals surface area contributed by atoms with Gasteiger partial charge in [-0.15, -0.1) is 0 Å². The lowest BCUT2D eigenvalue weighted by Gasteiger charge is -2.30. The molecule has 4 N–H and O–H groups in total. The maximum Gasteiger partial charge on any atom is 0.244 e. The molecule has 0 spiro atoms. The maximum atomic E-state index is 12.5. The van der Waals surface area contributed by atoms with E-state index in [1.165, 1.54) is 12.1 Å². The highest BCUT2D eigenvalue weighted by atomic mass is 35.5. The van der Waals surface area contributed by atoms with Crippen LogP contribution >= 0.6 is 23.2 Å². The van der Waals surface area contributed by atoms with Gasteiger partial charge in [0.25, 0.3) is 0 Å². The normalized spacial score (nSPS) is 23.2. The maximum absolute atomic E-state index is 12.5. The lowest BCUT2D eigenvalue weighted by molar-refractivity contribution is 0.164. The van der Waals surface area contributed by atoms with Crippen LogP contribution in [-0.4, -0.2) is 26.2 Å². The van der Waals surface area contributed by atoms with Crippen LogP contribution in [0.5, 0.6) is 0 Å². The van der Waals surface area contributed by atoms with Gasteiger partial charge >= 0.3 is 0 Å². The quantitative estimate of drug-likeness (QED) is 0.725. The van der Waals surface area contributed by atoms with Gasteiger partial charge in [0, 0.05) is 17.7 Å². The van der Waals surface area contributed by atoms with Gasteiger partial charge in [0.15, 0.2) is 0 Å². The van der Waals surface area contributed by atoms with E-state index in [4.69, 9.17) is 28.9 Å². The van der Waals surface area contributed by atoms with Crippen LogP contribution in [0.3, 0.4) is 0 Å². The number of hydrogen-bond acceptors (Lipinski definition) is 4. The molecule has 0 amide bonds. The zero-order valence-electron chi connectivity index (χ0n) is 11.4. The molecule has 0 bridgehead atoms. The van der Waals surface area contributed by atoms with Crippen molar-refractivity contribution in [3.63, 3.8) is 0 Å². The number of sulfonamides is 1. The highest BCUT2D eigenvalue weighted by molar-refractivity contribution is 7.89. The van der Waals surface area contributed by atoms with Crippen molar-refractivity contribution in [2.45, 2.75) is 36.6 Å². The number of hydrogen-bond donors (Lipinski definition) is 3. The third kappa shape index (κ3) is 3.81. The molecule has 21 heavy (non-hydrogen) atoms. The molecule has 1 aliphatic carbocycles. The molecule has 118 valence electrons. The first-order valence-corrected chi connectivity index (χ1v) is 8.96. The molecule has 1 fully saturated rings. The van der Waals surface area contributed by atoms with Crippen LogP contribution in [0.2, 0.25) is 10.0 Å². The van der Waals surface area contributed by atoms with E-state index in [1.54, 1.807) is 0 Å². The van der Waals surface area contributed by atoms with Crippen LogP contribution < -0.4 is 10.5 Å². The van der Waals surface area contributed by atoms with Gasteiger partial charge in [-0.05, 0) is 30.9 Å². The SMILES string of the molecule is Nc1cc(Cl)cc(Cl)c1S(=O)(=O)NC1CCCCC1CO. The molecule has 0 aromatic heterocycles. The smallest absolute Gasteiger partial charge is 0.244 e. The van der Waals surface area contributed by atoms with E-state index in [2.05, 4.69) is 4.72 Å². The van der Waals surface area contributed by atoms with Crippen molar-refractivity contribution in [1.29, 1.82) is 0 Å². The number of benzene rings is 1. The summed E-state index contributed by atoms with van der Waals surface area (Å²) < 4.78 is 27.6. The molecule has 0 radical (unpaired) electrons. The summed E-state index contributed by atoms with van der Waals surface area (Å²) in [6, 6.07) is 2.39. The van der Waals surface area contributed by atoms with Gasteiger partial charge in [0.05, 0.1) is 10.7 Å². The average Bonchev–Trinajstić information content (AvgIpc) is 2.37. The Labute approximate surface area is 134 Å². The number of aliphatic hydroxyl groups excluding tert-OH is 1. The molecule has 2 atom stereocenters. The number of aliphatic hydroxyl groups is 1. The Morgan fingerprint density at radius 3 is 2.57 bits per heavy atom. The molecule has 2 unspecified atom stereocenters.